The van der Waals surface area contributed by atoms with Gasteiger partial charge >= 0.3 is 12.2 Å². The summed E-state index contributed by atoms with van der Waals surface area (Å²) in [5.41, 5.74) is 11.0. The average molecular weight is 825 g/mol. The summed E-state index contributed by atoms with van der Waals surface area (Å²) in [5, 5.41) is 13.1. The highest BCUT2D eigenvalue weighted by Crippen LogP contribution is 2.58. The number of nitrogens with zero attached hydrogens (tertiary/aromatic N) is 1. The van der Waals surface area contributed by atoms with Gasteiger partial charge in [0.05, 0.1) is 35.2 Å². The SMILES string of the molecule is COC(=O)NCCCC[C@@H](NC(=O)OC)C(=O)NCCC(=O)N(CC(=O)NCCCCC(C(N)=O)C1SS1)CC(=O)NCCCCC(C(N)=O)C1SS1. The minimum atomic E-state index is -0.983. The number of carbonyl (C=O) groups excluding carboxylic acids is 8. The zero-order valence-electron chi connectivity index (χ0n) is 30.0. The fourth-order valence-electron chi connectivity index (χ4n) is 5.06. The summed E-state index contributed by atoms with van der Waals surface area (Å²) in [6.07, 6.45) is 3.27. The predicted octanol–water partition coefficient (Wildman–Crippen LogP) is 0.790. The number of nitrogens with two attached hydrogens (primary N) is 2. The lowest BCUT2D eigenvalue weighted by molar-refractivity contribution is -0.139. The Kier molecular flexibility index (Phi) is 22.3. The molecule has 18 nitrogen and oxygen atoms in total. The summed E-state index contributed by atoms with van der Waals surface area (Å²) in [6.45, 7) is -0.0365. The lowest BCUT2D eigenvalue weighted by Crippen LogP contribution is -2.49. The first-order chi connectivity index (χ1) is 25.4. The number of nitrogens with one attached hydrogen (secondary N) is 5. The Morgan fingerprint density at radius 2 is 1.06 bits per heavy atom. The van der Waals surface area contributed by atoms with Gasteiger partial charge in [0.15, 0.2) is 0 Å². The van der Waals surface area contributed by atoms with Crippen molar-refractivity contribution in [2.75, 3.05) is 53.5 Å². The largest absolute Gasteiger partial charge is 0.453 e. The maximum absolute atomic E-state index is 13.3. The van der Waals surface area contributed by atoms with Crippen molar-refractivity contribution in [3.8, 4) is 0 Å². The fourth-order valence-corrected chi connectivity index (χ4v) is 8.80. The van der Waals surface area contributed by atoms with Gasteiger partial charge < -0.3 is 52.4 Å². The van der Waals surface area contributed by atoms with Crippen LogP contribution in [0.4, 0.5) is 9.59 Å². The standard InChI is InChI=1S/C31H52N8O10S4/c1-48-30(46)37-15-8-5-11-21(38-31(47)49-2)27(45)36-16-12-24(42)39(17-22(40)34-13-6-3-9-19(25(32)43)28-50-51-28)18-23(41)35-14-7-4-10-20(26(33)44)29-52-53-29/h19-21,28-29H,3-18H2,1-2H3,(H2,32,43)(H2,33,44)(H,34,40)(H,35,41)(H,36,45)(H,37,46)(H,38,47)/t19?,20?,21-/m1/s1. The molecule has 0 spiro atoms. The quantitative estimate of drug-likeness (QED) is 0.0327. The number of alkyl carbamates (subject to hydrolysis) is 2. The molecule has 0 aromatic rings. The number of hydrogen-bond donors (Lipinski definition) is 7. The third kappa shape index (κ3) is 20.1. The van der Waals surface area contributed by atoms with Crippen molar-refractivity contribution in [3.05, 3.63) is 0 Å². The molecule has 2 aliphatic rings. The molecule has 8 amide bonds. The molecule has 22 heteroatoms. The van der Waals surface area contributed by atoms with Gasteiger partial charge in [-0.1, -0.05) is 56.0 Å². The van der Waals surface area contributed by atoms with Crippen LogP contribution in [0.5, 0.6) is 0 Å². The molecule has 2 heterocycles. The van der Waals surface area contributed by atoms with Gasteiger partial charge in [0.25, 0.3) is 0 Å². The van der Waals surface area contributed by atoms with Gasteiger partial charge in [0.1, 0.15) is 19.1 Å². The van der Waals surface area contributed by atoms with E-state index in [1.807, 2.05) is 0 Å². The van der Waals surface area contributed by atoms with Crippen LogP contribution in [0.1, 0.15) is 64.2 Å². The van der Waals surface area contributed by atoms with Crippen LogP contribution in [0, 0.1) is 11.8 Å². The molecule has 2 fully saturated rings. The zero-order chi connectivity index (χ0) is 39.2. The number of methoxy groups -OCH3 is 2. The number of primary amides is 2. The predicted molar refractivity (Wildman–Crippen MR) is 205 cm³/mol. The molecular weight excluding hydrogens is 773 g/mol. The highest BCUT2D eigenvalue weighted by molar-refractivity contribution is 8.93. The second-order valence-corrected chi connectivity index (χ2v) is 17.9. The normalized spacial score (nSPS) is 15.1. The molecule has 2 saturated heterocycles. The van der Waals surface area contributed by atoms with Crippen LogP contribution in [0.3, 0.4) is 0 Å². The second-order valence-electron chi connectivity index (χ2n) is 12.2. The van der Waals surface area contributed by atoms with E-state index in [2.05, 4.69) is 36.1 Å². The fraction of sp³-hybridized carbons (Fsp3) is 0.742. The zero-order valence-corrected chi connectivity index (χ0v) is 33.3. The number of amides is 8. The molecule has 3 atom stereocenters. The van der Waals surface area contributed by atoms with Gasteiger partial charge in [-0.2, -0.15) is 0 Å². The van der Waals surface area contributed by atoms with Crippen LogP contribution < -0.4 is 38.1 Å². The van der Waals surface area contributed by atoms with E-state index < -0.39 is 54.9 Å². The topological polar surface area (TPSA) is 270 Å². The Hall–Kier alpha value is -3.24. The van der Waals surface area contributed by atoms with Crippen LogP contribution in [0.2, 0.25) is 0 Å². The molecule has 9 N–H and O–H groups in total. The van der Waals surface area contributed by atoms with Crippen LogP contribution in [0.15, 0.2) is 0 Å². The van der Waals surface area contributed by atoms with E-state index in [1.165, 1.54) is 7.11 Å². The molecule has 0 saturated carbocycles. The Morgan fingerprint density at radius 3 is 1.49 bits per heavy atom. The minimum absolute atomic E-state index is 0.141. The summed E-state index contributed by atoms with van der Waals surface area (Å²) in [4.78, 5) is 99.4. The lowest BCUT2D eigenvalue weighted by atomic mass is 10.0. The Balaban J connectivity index is 1.88. The lowest BCUT2D eigenvalue weighted by Gasteiger charge is -2.23. The number of unbranched alkanes of at least 4 members (excludes halogenated alkanes) is 3. The van der Waals surface area contributed by atoms with Crippen molar-refractivity contribution in [1.29, 1.82) is 0 Å². The molecule has 2 rings (SSSR count). The number of ether oxygens (including phenoxy) is 2. The number of rotatable bonds is 28. The number of carbonyl (C=O) groups is 8. The third-order valence-electron chi connectivity index (χ3n) is 8.16. The van der Waals surface area contributed by atoms with E-state index in [0.717, 1.165) is 12.0 Å². The highest BCUT2D eigenvalue weighted by Gasteiger charge is 2.38. The van der Waals surface area contributed by atoms with E-state index in [1.54, 1.807) is 43.2 Å². The second kappa shape index (κ2) is 25.7. The Morgan fingerprint density at radius 1 is 0.604 bits per heavy atom. The van der Waals surface area contributed by atoms with Crippen LogP contribution in [0.25, 0.3) is 0 Å². The Bertz CT molecular complexity index is 1210. The van der Waals surface area contributed by atoms with E-state index in [-0.39, 0.29) is 52.2 Å². The third-order valence-corrected chi connectivity index (χ3v) is 12.8. The summed E-state index contributed by atoms with van der Waals surface area (Å²) >= 11 is 0. The van der Waals surface area contributed by atoms with Gasteiger partial charge in [0, 0.05) is 32.6 Å². The van der Waals surface area contributed by atoms with Crippen LogP contribution in [-0.2, 0) is 38.2 Å². The minimum Gasteiger partial charge on any atom is -0.453 e. The smallest absolute Gasteiger partial charge is 0.407 e. The van der Waals surface area contributed by atoms with Gasteiger partial charge in [0.2, 0.25) is 35.4 Å². The molecule has 0 bridgehead atoms. The summed E-state index contributed by atoms with van der Waals surface area (Å²) in [7, 11) is 8.86. The molecule has 2 aliphatic heterocycles. The van der Waals surface area contributed by atoms with Crippen molar-refractivity contribution in [2.24, 2.45) is 23.3 Å². The molecular formula is C31H52N8O10S4. The van der Waals surface area contributed by atoms with Crippen molar-refractivity contribution in [1.82, 2.24) is 31.5 Å². The molecule has 53 heavy (non-hydrogen) atoms. The summed E-state index contributed by atoms with van der Waals surface area (Å²) in [6, 6.07) is -0.983. The first-order valence-corrected chi connectivity index (χ1v) is 21.9. The molecule has 0 aliphatic carbocycles. The van der Waals surface area contributed by atoms with E-state index in [4.69, 9.17) is 11.5 Å². The van der Waals surface area contributed by atoms with E-state index in [0.29, 0.717) is 71.0 Å². The van der Waals surface area contributed by atoms with Crippen LogP contribution in [-0.4, -0.2) is 121 Å². The van der Waals surface area contributed by atoms with Crippen molar-refractivity contribution in [2.45, 2.75) is 79.4 Å². The average Bonchev–Trinajstić information content (AvgIpc) is 4.05. The summed E-state index contributed by atoms with van der Waals surface area (Å²) in [5.74, 6) is -3.22. The molecule has 0 aromatic heterocycles. The summed E-state index contributed by atoms with van der Waals surface area (Å²) < 4.78 is 9.49. The van der Waals surface area contributed by atoms with Crippen molar-refractivity contribution >= 4 is 90.8 Å². The maximum Gasteiger partial charge on any atom is 0.407 e. The molecule has 0 aromatic carbocycles. The Labute approximate surface area is 325 Å². The van der Waals surface area contributed by atoms with Gasteiger partial charge in [-0.3, -0.25) is 28.8 Å². The van der Waals surface area contributed by atoms with Gasteiger partial charge in [-0.15, -0.1) is 0 Å². The van der Waals surface area contributed by atoms with E-state index >= 15 is 0 Å². The monoisotopic (exact) mass is 824 g/mol. The van der Waals surface area contributed by atoms with E-state index in [9.17, 15) is 38.4 Å². The van der Waals surface area contributed by atoms with Crippen LogP contribution >= 0.6 is 43.2 Å². The molecule has 2 unspecified atom stereocenters. The van der Waals surface area contributed by atoms with Gasteiger partial charge in [-0.25, -0.2) is 9.59 Å². The molecule has 0 radical (unpaired) electrons. The van der Waals surface area contributed by atoms with Crippen molar-refractivity contribution < 1.29 is 47.8 Å². The van der Waals surface area contributed by atoms with Crippen molar-refractivity contribution in [3.63, 3.8) is 0 Å². The maximum atomic E-state index is 13.3. The number of hydrogen-bond acceptors (Lipinski definition) is 14. The van der Waals surface area contributed by atoms with Gasteiger partial charge in [-0.05, 0) is 44.9 Å². The first kappa shape index (κ1) is 45.9. The molecule has 300 valence electrons. The first-order valence-electron chi connectivity index (χ1n) is 17.3. The highest BCUT2D eigenvalue weighted by atomic mass is 33.2.